The smallest absolute Gasteiger partial charge is 0.323 e. The average Bonchev–Trinajstić information content (AvgIpc) is 3.53. The highest BCUT2D eigenvalue weighted by molar-refractivity contribution is 5.82. The molecule has 1 atom stereocenters. The summed E-state index contributed by atoms with van der Waals surface area (Å²) in [5.41, 5.74) is 3.40. The predicted octanol–water partition coefficient (Wildman–Crippen LogP) is 3.59. The molecule has 0 bridgehead atoms. The first-order chi connectivity index (χ1) is 17.9. The monoisotopic (exact) mass is 510 g/mol. The Morgan fingerprint density at radius 1 is 1.22 bits per heavy atom. The van der Waals surface area contributed by atoms with Crippen molar-refractivity contribution in [1.82, 2.24) is 19.4 Å². The molecule has 1 saturated carbocycles. The maximum Gasteiger partial charge on any atom is 0.323 e. The summed E-state index contributed by atoms with van der Waals surface area (Å²) in [4.78, 5) is 29.7. The fraction of sp³-hybridized carbons (Fsp3) is 0.536. The van der Waals surface area contributed by atoms with Gasteiger partial charge in [0.2, 0.25) is 0 Å². The molecule has 0 unspecified atom stereocenters. The van der Waals surface area contributed by atoms with E-state index >= 15 is 0 Å². The van der Waals surface area contributed by atoms with E-state index in [0.717, 1.165) is 54.6 Å². The number of fused-ring (bicyclic) bond motifs is 1. The van der Waals surface area contributed by atoms with Gasteiger partial charge < -0.3 is 28.7 Å². The van der Waals surface area contributed by atoms with Crippen molar-refractivity contribution in [1.29, 1.82) is 0 Å². The van der Waals surface area contributed by atoms with Crippen molar-refractivity contribution in [2.45, 2.75) is 64.6 Å². The summed E-state index contributed by atoms with van der Waals surface area (Å²) in [6.07, 6.45) is 6.56. The van der Waals surface area contributed by atoms with Crippen molar-refractivity contribution in [2.24, 2.45) is 7.05 Å². The number of aromatic nitrogens is 3. The van der Waals surface area contributed by atoms with E-state index in [4.69, 9.17) is 19.2 Å². The second kappa shape index (κ2) is 12.4. The maximum absolute atomic E-state index is 12.6. The number of pyridine rings is 1. The highest BCUT2D eigenvalue weighted by Gasteiger charge is 2.25. The fourth-order valence-electron chi connectivity index (χ4n) is 4.93. The highest BCUT2D eigenvalue weighted by atomic mass is 16.5. The normalized spacial score (nSPS) is 14.8. The van der Waals surface area contributed by atoms with Crippen LogP contribution >= 0.6 is 0 Å². The quantitative estimate of drug-likeness (QED) is 0.294. The number of carbonyl (C=O) groups is 1. The largest absolute Gasteiger partial charge is 0.492 e. The van der Waals surface area contributed by atoms with Gasteiger partial charge in [-0.1, -0.05) is 0 Å². The van der Waals surface area contributed by atoms with Crippen LogP contribution in [0.25, 0.3) is 22.4 Å². The van der Waals surface area contributed by atoms with E-state index < -0.39 is 6.04 Å². The molecule has 1 N–H and O–H groups in total. The number of hydrogen-bond donors (Lipinski definition) is 1. The van der Waals surface area contributed by atoms with E-state index in [1.165, 1.54) is 0 Å². The van der Waals surface area contributed by atoms with Crippen LogP contribution in [0.4, 0.5) is 0 Å². The van der Waals surface area contributed by atoms with E-state index in [1.807, 2.05) is 37.4 Å². The molecule has 0 aliphatic heterocycles. The van der Waals surface area contributed by atoms with Crippen LogP contribution in [0.1, 0.15) is 44.6 Å². The van der Waals surface area contributed by atoms with Crippen molar-refractivity contribution >= 4 is 17.0 Å². The van der Waals surface area contributed by atoms with Gasteiger partial charge in [-0.2, -0.15) is 0 Å². The zero-order valence-corrected chi connectivity index (χ0v) is 22.3. The third-order valence-corrected chi connectivity index (χ3v) is 6.90. The van der Waals surface area contributed by atoms with Crippen molar-refractivity contribution < 1.29 is 19.0 Å². The Morgan fingerprint density at radius 2 is 2.00 bits per heavy atom. The van der Waals surface area contributed by atoms with Crippen LogP contribution in [0.2, 0.25) is 0 Å². The summed E-state index contributed by atoms with van der Waals surface area (Å²) >= 11 is 0. The van der Waals surface area contributed by atoms with E-state index in [1.54, 1.807) is 18.7 Å². The molecule has 1 fully saturated rings. The summed E-state index contributed by atoms with van der Waals surface area (Å²) in [5.74, 6) is 1.31. The number of hydrogen-bond acceptors (Lipinski definition) is 7. The van der Waals surface area contributed by atoms with Crippen LogP contribution in [0.15, 0.2) is 35.3 Å². The van der Waals surface area contributed by atoms with E-state index in [-0.39, 0.29) is 17.6 Å². The summed E-state index contributed by atoms with van der Waals surface area (Å²) in [6, 6.07) is 7.34. The van der Waals surface area contributed by atoms with Gasteiger partial charge in [0.25, 0.3) is 5.56 Å². The molecule has 0 saturated heterocycles. The van der Waals surface area contributed by atoms with Crippen LogP contribution in [0.3, 0.4) is 0 Å². The molecule has 9 heteroatoms. The van der Waals surface area contributed by atoms with Gasteiger partial charge in [0.15, 0.2) is 0 Å². The van der Waals surface area contributed by atoms with Crippen molar-refractivity contribution in [3.63, 3.8) is 0 Å². The minimum Gasteiger partial charge on any atom is -0.492 e. The van der Waals surface area contributed by atoms with E-state index in [0.29, 0.717) is 37.5 Å². The van der Waals surface area contributed by atoms with E-state index in [9.17, 15) is 9.59 Å². The van der Waals surface area contributed by atoms with Crippen molar-refractivity contribution in [3.8, 4) is 17.1 Å². The van der Waals surface area contributed by atoms with Crippen LogP contribution in [0.5, 0.6) is 5.75 Å². The zero-order valence-electron chi connectivity index (χ0n) is 22.3. The third kappa shape index (κ3) is 6.40. The molecule has 200 valence electrons. The predicted molar refractivity (Wildman–Crippen MR) is 143 cm³/mol. The second-order valence-corrected chi connectivity index (χ2v) is 9.64. The fourth-order valence-corrected chi connectivity index (χ4v) is 4.93. The lowest BCUT2D eigenvalue weighted by Crippen LogP contribution is -2.42. The summed E-state index contributed by atoms with van der Waals surface area (Å²) in [7, 11) is 3.38. The van der Waals surface area contributed by atoms with Gasteiger partial charge in [0, 0.05) is 57.2 Å². The SMILES string of the molecule is CCn1c(-c2cc(C)c(=O)n(C)c2)nc2cc(OCCN[C@@H](CCOC)C(=O)OC3CCCC3)ccc21. The van der Waals surface area contributed by atoms with Gasteiger partial charge in [-0.3, -0.25) is 9.59 Å². The molecule has 2 heterocycles. The topological polar surface area (TPSA) is 96.6 Å². The number of esters is 1. The van der Waals surface area contributed by atoms with Crippen molar-refractivity contribution in [2.75, 3.05) is 26.9 Å². The molecule has 3 aromatic rings. The van der Waals surface area contributed by atoms with Gasteiger partial charge in [0.1, 0.15) is 30.3 Å². The molecule has 0 spiro atoms. The number of ether oxygens (including phenoxy) is 3. The second-order valence-electron chi connectivity index (χ2n) is 9.64. The molecular weight excluding hydrogens is 472 g/mol. The molecule has 2 aromatic heterocycles. The number of methoxy groups -OCH3 is 1. The minimum atomic E-state index is -0.417. The van der Waals surface area contributed by atoms with Crippen LogP contribution in [-0.4, -0.2) is 59.1 Å². The molecule has 37 heavy (non-hydrogen) atoms. The lowest BCUT2D eigenvalue weighted by Gasteiger charge is -2.20. The first-order valence-corrected chi connectivity index (χ1v) is 13.1. The third-order valence-electron chi connectivity index (χ3n) is 6.90. The van der Waals surface area contributed by atoms with Crippen molar-refractivity contribution in [3.05, 3.63) is 46.4 Å². The molecule has 9 nitrogen and oxygen atoms in total. The van der Waals surface area contributed by atoms with Gasteiger partial charge in [-0.25, -0.2) is 4.98 Å². The Bertz CT molecular complexity index is 1250. The number of rotatable bonds is 12. The molecule has 1 aliphatic rings. The first-order valence-electron chi connectivity index (χ1n) is 13.1. The highest BCUT2D eigenvalue weighted by Crippen LogP contribution is 2.27. The summed E-state index contributed by atoms with van der Waals surface area (Å²) < 4.78 is 20.6. The van der Waals surface area contributed by atoms with Gasteiger partial charge in [-0.05, 0) is 64.2 Å². The van der Waals surface area contributed by atoms with Gasteiger partial charge >= 0.3 is 5.97 Å². The average molecular weight is 511 g/mol. The number of aryl methyl sites for hydroxylation is 3. The number of benzene rings is 1. The summed E-state index contributed by atoms with van der Waals surface area (Å²) in [5, 5.41) is 3.27. The Hall–Kier alpha value is -3.17. The molecular formula is C28H38N4O5. The maximum atomic E-state index is 12.6. The molecule has 0 radical (unpaired) electrons. The Balaban J connectivity index is 1.40. The number of nitrogens with one attached hydrogen (secondary N) is 1. The molecule has 1 aromatic carbocycles. The summed E-state index contributed by atoms with van der Waals surface area (Å²) in [6.45, 7) is 6.02. The Morgan fingerprint density at radius 3 is 2.70 bits per heavy atom. The number of imidazole rings is 1. The van der Waals surface area contributed by atoms with Gasteiger partial charge in [-0.15, -0.1) is 0 Å². The Kier molecular flexibility index (Phi) is 9.00. The molecule has 0 amide bonds. The van der Waals surface area contributed by atoms with E-state index in [2.05, 4.69) is 16.8 Å². The standard InChI is InChI=1S/C28H38N4O5/c1-5-32-25-11-10-22(17-24(25)30-26(32)20-16-19(2)27(33)31(3)18-20)36-15-13-29-23(12-14-35-4)28(34)37-21-8-6-7-9-21/h10-11,16-18,21,23,29H,5-9,12-15H2,1-4H3/t23-/m0/s1. The zero-order chi connectivity index (χ0) is 26.4. The molecule has 1 aliphatic carbocycles. The molecule has 4 rings (SSSR count). The lowest BCUT2D eigenvalue weighted by atomic mass is 10.2. The number of nitrogens with zero attached hydrogens (tertiary/aromatic N) is 3. The number of carbonyl (C=O) groups excluding carboxylic acids is 1. The van der Waals surface area contributed by atoms with Gasteiger partial charge in [0.05, 0.1) is 11.0 Å². The minimum absolute atomic E-state index is 0.0107. The first kappa shape index (κ1) is 26.9. The van der Waals surface area contributed by atoms with Crippen LogP contribution < -0.4 is 15.6 Å². The Labute approximate surface area is 217 Å². The van der Waals surface area contributed by atoms with Crippen LogP contribution in [-0.2, 0) is 27.9 Å². The lowest BCUT2D eigenvalue weighted by molar-refractivity contribution is -0.151. The van der Waals surface area contributed by atoms with Crippen LogP contribution in [0, 0.1) is 6.92 Å².